The van der Waals surface area contributed by atoms with Crippen LogP contribution >= 0.6 is 0 Å². The molecule has 54 valence electrons. The van der Waals surface area contributed by atoms with Gasteiger partial charge in [-0.1, -0.05) is 26.3 Å². The molecule has 0 amide bonds. The van der Waals surface area contributed by atoms with Crippen LogP contribution in [0, 0.1) is 0 Å². The van der Waals surface area contributed by atoms with Crippen molar-refractivity contribution in [2.75, 3.05) is 6.61 Å². The van der Waals surface area contributed by atoms with Crippen LogP contribution in [0.4, 0.5) is 0 Å². The molecule has 1 nitrogen and oxygen atoms in total. The van der Waals surface area contributed by atoms with E-state index < -0.39 is 0 Å². The Balaban J connectivity index is 2.83. The summed E-state index contributed by atoms with van der Waals surface area (Å²) in [6.45, 7) is 8.53. The quantitative estimate of drug-likeness (QED) is 0.408. The Kier molecular flexibility index (Phi) is 5.38. The van der Waals surface area contributed by atoms with Crippen molar-refractivity contribution in [2.24, 2.45) is 0 Å². The molecule has 0 aliphatic heterocycles. The lowest BCUT2D eigenvalue weighted by molar-refractivity contribution is 0.209. The molecule has 0 radical (unpaired) electrons. The van der Waals surface area contributed by atoms with Gasteiger partial charge in [-0.25, -0.2) is 0 Å². The summed E-state index contributed by atoms with van der Waals surface area (Å²) in [4.78, 5) is 0. The zero-order valence-electron chi connectivity index (χ0n) is 6.44. The third-order valence-corrected chi connectivity index (χ3v) is 1.10. The van der Waals surface area contributed by atoms with E-state index in [-0.39, 0.29) is 0 Å². The lowest BCUT2D eigenvalue weighted by Gasteiger charge is -2.02. The second-order valence-corrected chi connectivity index (χ2v) is 2.26. The second-order valence-electron chi connectivity index (χ2n) is 2.26. The molecule has 0 heterocycles. The van der Waals surface area contributed by atoms with Crippen LogP contribution in [0.5, 0.6) is 0 Å². The summed E-state index contributed by atoms with van der Waals surface area (Å²) < 4.78 is 5.15. The first-order valence-electron chi connectivity index (χ1n) is 3.55. The first kappa shape index (κ1) is 8.54. The van der Waals surface area contributed by atoms with Crippen LogP contribution in [-0.2, 0) is 4.74 Å². The molecule has 0 rings (SSSR count). The van der Waals surface area contributed by atoms with Gasteiger partial charge in [0.2, 0.25) is 0 Å². The van der Waals surface area contributed by atoms with Gasteiger partial charge in [0.05, 0.1) is 12.4 Å². The molecule has 0 aliphatic carbocycles. The number of hydrogen-bond acceptors (Lipinski definition) is 1. The van der Waals surface area contributed by atoms with Crippen LogP contribution in [0.2, 0.25) is 0 Å². The van der Waals surface area contributed by atoms with Crippen molar-refractivity contribution in [1.29, 1.82) is 0 Å². The van der Waals surface area contributed by atoms with Crippen LogP contribution in [0.3, 0.4) is 0 Å². The van der Waals surface area contributed by atoms with Crippen LogP contribution in [0.1, 0.15) is 33.1 Å². The summed E-state index contributed by atoms with van der Waals surface area (Å²) in [5.41, 5.74) is 0. The van der Waals surface area contributed by atoms with Gasteiger partial charge < -0.3 is 4.74 Å². The molecule has 0 unspecified atom stereocenters. The zero-order valence-corrected chi connectivity index (χ0v) is 6.44. The molecule has 0 aromatic rings. The van der Waals surface area contributed by atoms with E-state index in [1.807, 2.05) is 6.92 Å². The highest BCUT2D eigenvalue weighted by atomic mass is 16.5. The molecule has 0 N–H and O–H groups in total. The number of unbranched alkanes of at least 4 members (excludes halogenated alkanes) is 2. The molecule has 0 aromatic heterocycles. The minimum Gasteiger partial charge on any atom is -0.499 e. The lowest BCUT2D eigenvalue weighted by atomic mass is 10.3. The summed E-state index contributed by atoms with van der Waals surface area (Å²) in [6.07, 6.45) is 3.66. The standard InChI is InChI=1S/C8H16O/c1-4-5-6-7-9-8(2)3/h2,4-7H2,1,3H3. The fourth-order valence-electron chi connectivity index (χ4n) is 0.598. The fourth-order valence-corrected chi connectivity index (χ4v) is 0.598. The van der Waals surface area contributed by atoms with Gasteiger partial charge >= 0.3 is 0 Å². The Morgan fingerprint density at radius 3 is 2.56 bits per heavy atom. The van der Waals surface area contributed by atoms with Gasteiger partial charge in [0, 0.05) is 0 Å². The van der Waals surface area contributed by atoms with E-state index in [1.165, 1.54) is 12.8 Å². The molecule has 0 saturated heterocycles. The Labute approximate surface area is 57.7 Å². The van der Waals surface area contributed by atoms with Crippen molar-refractivity contribution >= 4 is 0 Å². The van der Waals surface area contributed by atoms with Gasteiger partial charge in [-0.2, -0.15) is 0 Å². The summed E-state index contributed by atoms with van der Waals surface area (Å²) >= 11 is 0. The van der Waals surface area contributed by atoms with Crippen molar-refractivity contribution in [3.05, 3.63) is 12.3 Å². The molecule has 1 heteroatoms. The number of rotatable bonds is 5. The third kappa shape index (κ3) is 7.54. The van der Waals surface area contributed by atoms with Gasteiger partial charge in [0.1, 0.15) is 0 Å². The Hall–Kier alpha value is -0.460. The maximum atomic E-state index is 5.15. The van der Waals surface area contributed by atoms with Crippen molar-refractivity contribution in [2.45, 2.75) is 33.1 Å². The first-order valence-corrected chi connectivity index (χ1v) is 3.55. The van der Waals surface area contributed by atoms with Crippen LogP contribution < -0.4 is 0 Å². The van der Waals surface area contributed by atoms with Crippen molar-refractivity contribution in [1.82, 2.24) is 0 Å². The minimum absolute atomic E-state index is 0.825. The molecule has 0 bridgehead atoms. The van der Waals surface area contributed by atoms with E-state index in [1.54, 1.807) is 0 Å². The third-order valence-electron chi connectivity index (χ3n) is 1.10. The van der Waals surface area contributed by atoms with E-state index in [9.17, 15) is 0 Å². The SMILES string of the molecule is C=C(C)OCCCCC. The number of hydrogen-bond donors (Lipinski definition) is 0. The lowest BCUT2D eigenvalue weighted by Crippen LogP contribution is -1.89. The first-order chi connectivity index (χ1) is 4.27. The molecule has 0 spiro atoms. The van der Waals surface area contributed by atoms with E-state index in [4.69, 9.17) is 4.74 Å². The van der Waals surface area contributed by atoms with Crippen molar-refractivity contribution in [3.63, 3.8) is 0 Å². The summed E-state index contributed by atoms with van der Waals surface area (Å²) in [7, 11) is 0. The van der Waals surface area contributed by atoms with E-state index in [0.29, 0.717) is 0 Å². The monoisotopic (exact) mass is 128 g/mol. The molecule has 0 saturated carbocycles. The fraction of sp³-hybridized carbons (Fsp3) is 0.750. The molecule has 0 fully saturated rings. The van der Waals surface area contributed by atoms with Crippen LogP contribution in [0.25, 0.3) is 0 Å². The maximum absolute atomic E-state index is 5.15. The number of ether oxygens (including phenoxy) is 1. The smallest absolute Gasteiger partial charge is 0.0876 e. The zero-order chi connectivity index (χ0) is 7.11. The second kappa shape index (κ2) is 5.67. The Bertz CT molecular complexity index is 76.6. The van der Waals surface area contributed by atoms with Gasteiger partial charge in [0.25, 0.3) is 0 Å². The average Bonchev–Trinajstić information content (AvgIpc) is 1.80. The largest absolute Gasteiger partial charge is 0.499 e. The average molecular weight is 128 g/mol. The molecule has 9 heavy (non-hydrogen) atoms. The molecule has 0 atom stereocenters. The minimum atomic E-state index is 0.825. The summed E-state index contributed by atoms with van der Waals surface area (Å²) in [6, 6.07) is 0. The van der Waals surface area contributed by atoms with E-state index in [2.05, 4.69) is 13.5 Å². The van der Waals surface area contributed by atoms with E-state index >= 15 is 0 Å². The van der Waals surface area contributed by atoms with Crippen molar-refractivity contribution in [3.8, 4) is 0 Å². The topological polar surface area (TPSA) is 9.23 Å². The van der Waals surface area contributed by atoms with E-state index in [0.717, 1.165) is 18.8 Å². The van der Waals surface area contributed by atoms with Crippen LogP contribution in [-0.4, -0.2) is 6.61 Å². The number of allylic oxidation sites excluding steroid dienone is 1. The molecular weight excluding hydrogens is 112 g/mol. The van der Waals surface area contributed by atoms with Crippen LogP contribution in [0.15, 0.2) is 12.3 Å². The van der Waals surface area contributed by atoms with Gasteiger partial charge in [0.15, 0.2) is 0 Å². The van der Waals surface area contributed by atoms with Gasteiger partial charge in [-0.3, -0.25) is 0 Å². The maximum Gasteiger partial charge on any atom is 0.0876 e. The molecule has 0 aliphatic rings. The summed E-state index contributed by atoms with van der Waals surface area (Å²) in [5, 5.41) is 0. The Morgan fingerprint density at radius 2 is 2.11 bits per heavy atom. The highest BCUT2D eigenvalue weighted by Crippen LogP contribution is 1.97. The molecular formula is C8H16O. The highest BCUT2D eigenvalue weighted by molar-refractivity contribution is 4.72. The van der Waals surface area contributed by atoms with Gasteiger partial charge in [-0.05, 0) is 13.3 Å². The summed E-state index contributed by atoms with van der Waals surface area (Å²) in [5.74, 6) is 0.825. The highest BCUT2D eigenvalue weighted by Gasteiger charge is 1.85. The Morgan fingerprint density at radius 1 is 1.44 bits per heavy atom. The predicted octanol–water partition coefficient (Wildman–Crippen LogP) is 2.73. The molecule has 0 aromatic carbocycles. The predicted molar refractivity (Wildman–Crippen MR) is 40.3 cm³/mol. The van der Waals surface area contributed by atoms with Crippen molar-refractivity contribution < 1.29 is 4.74 Å². The van der Waals surface area contributed by atoms with Gasteiger partial charge in [-0.15, -0.1) is 0 Å². The normalized spacial score (nSPS) is 9.11.